The van der Waals surface area contributed by atoms with Crippen LogP contribution in [-0.2, 0) is 0 Å². The monoisotopic (exact) mass is 247 g/mol. The first-order valence-electron chi connectivity index (χ1n) is 5.77. The highest BCUT2D eigenvalue weighted by molar-refractivity contribution is 6.30. The Labute approximate surface area is 105 Å². The summed E-state index contributed by atoms with van der Waals surface area (Å²) in [5.74, 6) is 1.29. The summed E-state index contributed by atoms with van der Waals surface area (Å²) in [5, 5.41) is 5.28. The molecule has 88 valence electrons. The summed E-state index contributed by atoms with van der Waals surface area (Å²) in [7, 11) is 0. The Balaban J connectivity index is 2.10. The fourth-order valence-electron chi connectivity index (χ4n) is 2.00. The van der Waals surface area contributed by atoms with E-state index in [-0.39, 0.29) is 0 Å². The van der Waals surface area contributed by atoms with Gasteiger partial charge in [-0.3, -0.25) is 0 Å². The van der Waals surface area contributed by atoms with Crippen molar-refractivity contribution in [2.75, 3.05) is 5.73 Å². The smallest absolute Gasteiger partial charge is 0.127 e. The molecule has 0 amide bonds. The molecule has 1 aromatic carbocycles. The number of anilines is 1. The lowest BCUT2D eigenvalue weighted by Crippen LogP contribution is -2.03. The fraction of sp³-hybridized carbons (Fsp3) is 0.308. The van der Waals surface area contributed by atoms with E-state index in [4.69, 9.17) is 17.3 Å². The Kier molecular flexibility index (Phi) is 2.37. The first-order valence-corrected chi connectivity index (χ1v) is 6.15. The molecule has 1 aliphatic carbocycles. The lowest BCUT2D eigenvalue weighted by molar-refractivity contribution is 0.839. The number of aryl methyl sites for hydroxylation is 1. The van der Waals surface area contributed by atoms with Crippen LogP contribution in [0, 0.1) is 6.92 Å². The van der Waals surface area contributed by atoms with Crippen LogP contribution in [0.3, 0.4) is 0 Å². The highest BCUT2D eigenvalue weighted by Crippen LogP contribution is 2.40. The lowest BCUT2D eigenvalue weighted by atomic mass is 10.2. The van der Waals surface area contributed by atoms with E-state index in [0.29, 0.717) is 16.8 Å². The van der Waals surface area contributed by atoms with Gasteiger partial charge in [-0.25, -0.2) is 4.68 Å². The zero-order chi connectivity index (χ0) is 12.0. The maximum atomic E-state index is 6.02. The first kappa shape index (κ1) is 10.7. The van der Waals surface area contributed by atoms with E-state index < -0.39 is 0 Å². The molecule has 0 aliphatic heterocycles. The van der Waals surface area contributed by atoms with E-state index in [9.17, 15) is 0 Å². The van der Waals surface area contributed by atoms with Gasteiger partial charge >= 0.3 is 0 Å². The molecule has 0 unspecified atom stereocenters. The zero-order valence-corrected chi connectivity index (χ0v) is 10.4. The number of nitrogens with zero attached hydrogens (tertiary/aromatic N) is 2. The van der Waals surface area contributed by atoms with Crippen LogP contribution >= 0.6 is 11.6 Å². The van der Waals surface area contributed by atoms with Gasteiger partial charge in [-0.1, -0.05) is 17.7 Å². The third kappa shape index (κ3) is 1.91. The molecule has 2 aromatic rings. The van der Waals surface area contributed by atoms with Crippen LogP contribution in [0.2, 0.25) is 5.02 Å². The second kappa shape index (κ2) is 3.77. The maximum Gasteiger partial charge on any atom is 0.127 e. The Morgan fingerprint density at radius 3 is 2.82 bits per heavy atom. The molecule has 1 heterocycles. The number of nitrogen functional groups attached to an aromatic ring is 1. The van der Waals surface area contributed by atoms with Crippen LogP contribution < -0.4 is 5.73 Å². The summed E-state index contributed by atoms with van der Waals surface area (Å²) in [4.78, 5) is 0. The quantitative estimate of drug-likeness (QED) is 0.885. The molecule has 1 fully saturated rings. The van der Waals surface area contributed by atoms with Gasteiger partial charge in [0.25, 0.3) is 0 Å². The average molecular weight is 248 g/mol. The van der Waals surface area contributed by atoms with E-state index in [1.165, 1.54) is 12.8 Å². The maximum absolute atomic E-state index is 6.02. The SMILES string of the molecule is Cc1ccc(Cl)cc1-n1nc(C2CC2)cc1N. The van der Waals surface area contributed by atoms with Gasteiger partial charge in [-0.15, -0.1) is 0 Å². The molecular formula is C13H14ClN3. The van der Waals surface area contributed by atoms with Crippen LogP contribution in [0.15, 0.2) is 24.3 Å². The van der Waals surface area contributed by atoms with Crippen molar-refractivity contribution < 1.29 is 0 Å². The van der Waals surface area contributed by atoms with Crippen LogP contribution in [0.4, 0.5) is 5.82 Å². The van der Waals surface area contributed by atoms with E-state index in [0.717, 1.165) is 16.9 Å². The van der Waals surface area contributed by atoms with Gasteiger partial charge in [0, 0.05) is 17.0 Å². The van der Waals surface area contributed by atoms with E-state index in [1.807, 2.05) is 31.2 Å². The predicted octanol–water partition coefficient (Wildman–Crippen LogP) is 3.29. The standard InChI is InChI=1S/C13H14ClN3/c1-8-2-5-10(14)6-12(8)17-13(15)7-11(16-17)9-3-4-9/h2,5-7,9H,3-4,15H2,1H3. The van der Waals surface area contributed by atoms with Crippen molar-refractivity contribution >= 4 is 17.4 Å². The van der Waals surface area contributed by atoms with Crippen molar-refractivity contribution in [3.63, 3.8) is 0 Å². The molecule has 0 saturated heterocycles. The molecule has 0 bridgehead atoms. The van der Waals surface area contributed by atoms with Gasteiger partial charge in [-0.05, 0) is 37.5 Å². The third-order valence-electron chi connectivity index (χ3n) is 3.15. The average Bonchev–Trinajstić information content (AvgIpc) is 3.07. The number of benzene rings is 1. The van der Waals surface area contributed by atoms with Crippen LogP contribution in [0.1, 0.15) is 30.0 Å². The molecule has 3 nitrogen and oxygen atoms in total. The first-order chi connectivity index (χ1) is 8.15. The van der Waals surface area contributed by atoms with Gasteiger partial charge in [0.15, 0.2) is 0 Å². The van der Waals surface area contributed by atoms with Crippen molar-refractivity contribution in [3.8, 4) is 5.69 Å². The summed E-state index contributed by atoms with van der Waals surface area (Å²) in [6.45, 7) is 2.03. The number of aromatic nitrogens is 2. The van der Waals surface area contributed by atoms with Crippen LogP contribution in [0.5, 0.6) is 0 Å². The molecule has 0 spiro atoms. The van der Waals surface area contributed by atoms with Crippen molar-refractivity contribution in [2.45, 2.75) is 25.7 Å². The molecule has 2 N–H and O–H groups in total. The Morgan fingerprint density at radius 2 is 2.12 bits per heavy atom. The van der Waals surface area contributed by atoms with Crippen molar-refractivity contribution in [2.24, 2.45) is 0 Å². The van der Waals surface area contributed by atoms with Gasteiger partial charge < -0.3 is 5.73 Å². The molecule has 4 heteroatoms. The van der Waals surface area contributed by atoms with Crippen molar-refractivity contribution in [3.05, 3.63) is 40.5 Å². The van der Waals surface area contributed by atoms with Crippen LogP contribution in [0.25, 0.3) is 5.69 Å². The van der Waals surface area contributed by atoms with Crippen molar-refractivity contribution in [1.82, 2.24) is 9.78 Å². The number of halogens is 1. The lowest BCUT2D eigenvalue weighted by Gasteiger charge is -2.08. The topological polar surface area (TPSA) is 43.8 Å². The minimum atomic E-state index is 0.609. The highest BCUT2D eigenvalue weighted by atomic mass is 35.5. The summed E-state index contributed by atoms with van der Waals surface area (Å²) in [6, 6.07) is 7.73. The molecule has 3 rings (SSSR count). The third-order valence-corrected chi connectivity index (χ3v) is 3.39. The molecule has 0 atom stereocenters. The highest BCUT2D eigenvalue weighted by Gasteiger charge is 2.27. The molecular weight excluding hydrogens is 234 g/mol. The minimum Gasteiger partial charge on any atom is -0.384 e. The van der Waals surface area contributed by atoms with Gasteiger partial charge in [-0.2, -0.15) is 5.10 Å². The van der Waals surface area contributed by atoms with E-state index in [1.54, 1.807) is 4.68 Å². The predicted molar refractivity (Wildman–Crippen MR) is 69.7 cm³/mol. The zero-order valence-electron chi connectivity index (χ0n) is 9.65. The Bertz CT molecular complexity index is 570. The Morgan fingerprint density at radius 1 is 1.35 bits per heavy atom. The fourth-order valence-corrected chi connectivity index (χ4v) is 2.16. The normalized spacial score (nSPS) is 15.2. The van der Waals surface area contributed by atoms with Gasteiger partial charge in [0.05, 0.1) is 11.4 Å². The van der Waals surface area contributed by atoms with E-state index in [2.05, 4.69) is 5.10 Å². The minimum absolute atomic E-state index is 0.609. The van der Waals surface area contributed by atoms with Crippen LogP contribution in [-0.4, -0.2) is 9.78 Å². The molecule has 1 aliphatic rings. The summed E-state index contributed by atoms with van der Waals surface area (Å²) >= 11 is 6.02. The molecule has 1 saturated carbocycles. The second-order valence-corrected chi connectivity index (χ2v) is 5.05. The second-order valence-electron chi connectivity index (χ2n) is 4.61. The summed E-state index contributed by atoms with van der Waals surface area (Å²) in [5.41, 5.74) is 9.19. The molecule has 17 heavy (non-hydrogen) atoms. The van der Waals surface area contributed by atoms with Gasteiger partial charge in [0.2, 0.25) is 0 Å². The molecule has 1 aromatic heterocycles. The number of hydrogen-bond donors (Lipinski definition) is 1. The Hall–Kier alpha value is -1.48. The van der Waals surface area contributed by atoms with Gasteiger partial charge in [0.1, 0.15) is 5.82 Å². The van der Waals surface area contributed by atoms with Crippen molar-refractivity contribution in [1.29, 1.82) is 0 Å². The molecule has 0 radical (unpaired) electrons. The number of hydrogen-bond acceptors (Lipinski definition) is 2. The number of rotatable bonds is 2. The largest absolute Gasteiger partial charge is 0.384 e. The number of nitrogens with two attached hydrogens (primary N) is 1. The summed E-state index contributed by atoms with van der Waals surface area (Å²) < 4.78 is 1.79. The van der Waals surface area contributed by atoms with E-state index >= 15 is 0 Å². The summed E-state index contributed by atoms with van der Waals surface area (Å²) in [6.07, 6.45) is 2.45.